The van der Waals surface area contributed by atoms with Crippen LogP contribution in [0.4, 0.5) is 0 Å². The van der Waals surface area contributed by atoms with Crippen LogP contribution in [0.15, 0.2) is 6.07 Å². The van der Waals surface area contributed by atoms with Crippen LogP contribution in [0.5, 0.6) is 17.2 Å². The lowest BCUT2D eigenvalue weighted by Crippen LogP contribution is -2.12. The number of hydrogen-bond donors (Lipinski definition) is 1. The van der Waals surface area contributed by atoms with Crippen LogP contribution in [0, 0.1) is 0 Å². The van der Waals surface area contributed by atoms with E-state index < -0.39 is 0 Å². The molecule has 0 saturated carbocycles. The molecule has 1 N–H and O–H groups in total. The Labute approximate surface area is 126 Å². The first-order valence-corrected chi connectivity index (χ1v) is 7.45. The second kappa shape index (κ2) is 8.93. The van der Waals surface area contributed by atoms with Gasteiger partial charge in [0.15, 0.2) is 11.5 Å². The molecule has 1 aromatic carbocycles. The molecule has 0 aliphatic carbocycles. The molecule has 20 heavy (non-hydrogen) atoms. The molecule has 0 aliphatic rings. The normalized spacial score (nSPS) is 10.4. The lowest BCUT2D eigenvalue weighted by atomic mass is 10.1. The first-order valence-electron chi connectivity index (χ1n) is 7.07. The topological polar surface area (TPSA) is 39.7 Å². The van der Waals surface area contributed by atoms with Crippen LogP contribution < -0.4 is 19.5 Å². The van der Waals surface area contributed by atoms with Crippen LogP contribution in [0.2, 0.25) is 5.02 Å². The van der Waals surface area contributed by atoms with Crippen LogP contribution in [0.1, 0.15) is 26.3 Å². The Morgan fingerprint density at radius 2 is 1.50 bits per heavy atom. The minimum absolute atomic E-state index is 0.529. The highest BCUT2D eigenvalue weighted by atomic mass is 35.5. The minimum atomic E-state index is 0.529. The first kappa shape index (κ1) is 16.9. The molecule has 0 unspecified atom stereocenters. The third-order valence-corrected chi connectivity index (χ3v) is 3.01. The van der Waals surface area contributed by atoms with Gasteiger partial charge in [0.2, 0.25) is 5.75 Å². The zero-order valence-electron chi connectivity index (χ0n) is 12.7. The summed E-state index contributed by atoms with van der Waals surface area (Å²) in [5.41, 5.74) is 1.03. The van der Waals surface area contributed by atoms with Gasteiger partial charge in [-0.15, -0.1) is 0 Å². The molecule has 0 aromatic heterocycles. The van der Waals surface area contributed by atoms with Gasteiger partial charge in [0, 0.05) is 5.56 Å². The third kappa shape index (κ3) is 4.18. The Kier molecular flexibility index (Phi) is 7.55. The minimum Gasteiger partial charge on any atom is -0.490 e. The summed E-state index contributed by atoms with van der Waals surface area (Å²) in [5.74, 6) is 1.90. The lowest BCUT2D eigenvalue weighted by Gasteiger charge is -2.19. The van der Waals surface area contributed by atoms with Crippen LogP contribution in [0.25, 0.3) is 0 Å². The molecule has 0 radical (unpaired) electrons. The Hall–Kier alpha value is -1.13. The highest BCUT2D eigenvalue weighted by Gasteiger charge is 2.20. The fourth-order valence-electron chi connectivity index (χ4n) is 1.94. The smallest absolute Gasteiger partial charge is 0.205 e. The maximum absolute atomic E-state index is 6.32. The van der Waals surface area contributed by atoms with E-state index in [2.05, 4.69) is 5.32 Å². The van der Waals surface area contributed by atoms with Crippen molar-refractivity contribution in [3.05, 3.63) is 16.7 Å². The summed E-state index contributed by atoms with van der Waals surface area (Å²) in [7, 11) is 1.92. The molecular formula is C15H24ClNO3. The van der Waals surface area contributed by atoms with Crippen molar-refractivity contribution in [1.29, 1.82) is 0 Å². The Morgan fingerprint density at radius 3 is 2.05 bits per heavy atom. The van der Waals surface area contributed by atoms with E-state index in [-0.39, 0.29) is 0 Å². The molecule has 114 valence electrons. The second-order valence-electron chi connectivity index (χ2n) is 4.16. The highest BCUT2D eigenvalue weighted by molar-refractivity contribution is 6.32. The largest absolute Gasteiger partial charge is 0.490 e. The molecule has 1 aromatic rings. The number of likely N-dealkylation sites (N-methyl/N-ethyl adjacent to an activating group) is 1. The third-order valence-electron chi connectivity index (χ3n) is 2.73. The van der Waals surface area contributed by atoms with Gasteiger partial charge in [0.1, 0.15) is 0 Å². The number of ether oxygens (including phenoxy) is 3. The summed E-state index contributed by atoms with van der Waals surface area (Å²) in [6.45, 7) is 8.27. The van der Waals surface area contributed by atoms with Crippen LogP contribution in [-0.2, 0) is 6.42 Å². The van der Waals surface area contributed by atoms with Crippen molar-refractivity contribution in [2.75, 3.05) is 33.4 Å². The van der Waals surface area contributed by atoms with E-state index in [0.717, 1.165) is 24.3 Å². The Bertz CT molecular complexity index is 424. The second-order valence-corrected chi connectivity index (χ2v) is 4.56. The SMILES string of the molecule is CCOc1c(Cl)cc(CCNC)c(OCC)c1OCC. The number of rotatable bonds is 9. The fraction of sp³-hybridized carbons (Fsp3) is 0.600. The van der Waals surface area contributed by atoms with Crippen molar-refractivity contribution in [3.63, 3.8) is 0 Å². The van der Waals surface area contributed by atoms with E-state index >= 15 is 0 Å². The van der Waals surface area contributed by atoms with Gasteiger partial charge in [-0.3, -0.25) is 0 Å². The van der Waals surface area contributed by atoms with Gasteiger partial charge in [0.25, 0.3) is 0 Å². The van der Waals surface area contributed by atoms with Gasteiger partial charge in [-0.2, -0.15) is 0 Å². The van der Waals surface area contributed by atoms with Gasteiger partial charge in [-0.1, -0.05) is 11.6 Å². The van der Waals surface area contributed by atoms with Crippen molar-refractivity contribution in [1.82, 2.24) is 5.32 Å². The average molecular weight is 302 g/mol. The van der Waals surface area contributed by atoms with E-state index in [9.17, 15) is 0 Å². The molecule has 0 amide bonds. The van der Waals surface area contributed by atoms with E-state index in [1.165, 1.54) is 0 Å². The molecule has 0 saturated heterocycles. The predicted molar refractivity (Wildman–Crippen MR) is 82.6 cm³/mol. The summed E-state index contributed by atoms with van der Waals surface area (Å²) in [5, 5.41) is 3.69. The molecule has 0 bridgehead atoms. The van der Waals surface area contributed by atoms with Gasteiger partial charge in [-0.05, 0) is 46.9 Å². The molecule has 0 heterocycles. The van der Waals surface area contributed by atoms with Crippen molar-refractivity contribution >= 4 is 11.6 Å². The van der Waals surface area contributed by atoms with Crippen molar-refractivity contribution in [3.8, 4) is 17.2 Å². The van der Waals surface area contributed by atoms with Gasteiger partial charge in [-0.25, -0.2) is 0 Å². The summed E-state index contributed by atoms with van der Waals surface area (Å²) in [6, 6.07) is 1.90. The monoisotopic (exact) mass is 301 g/mol. The van der Waals surface area contributed by atoms with Crippen molar-refractivity contribution in [2.45, 2.75) is 27.2 Å². The fourth-order valence-corrected chi connectivity index (χ4v) is 2.22. The van der Waals surface area contributed by atoms with E-state index in [4.69, 9.17) is 25.8 Å². The number of hydrogen-bond acceptors (Lipinski definition) is 4. The summed E-state index contributed by atoms with van der Waals surface area (Å²) in [4.78, 5) is 0. The van der Waals surface area contributed by atoms with E-state index in [1.807, 2.05) is 33.9 Å². The molecule has 0 spiro atoms. The zero-order chi connectivity index (χ0) is 15.0. The quantitative estimate of drug-likeness (QED) is 0.760. The summed E-state index contributed by atoms with van der Waals surface area (Å²) >= 11 is 6.32. The van der Waals surface area contributed by atoms with E-state index in [0.29, 0.717) is 36.3 Å². The van der Waals surface area contributed by atoms with Crippen LogP contribution >= 0.6 is 11.6 Å². The maximum atomic E-state index is 6.32. The van der Waals surface area contributed by atoms with Gasteiger partial charge < -0.3 is 19.5 Å². The van der Waals surface area contributed by atoms with Gasteiger partial charge >= 0.3 is 0 Å². The van der Waals surface area contributed by atoms with Crippen LogP contribution in [-0.4, -0.2) is 33.4 Å². The Morgan fingerprint density at radius 1 is 0.950 bits per heavy atom. The van der Waals surface area contributed by atoms with Crippen molar-refractivity contribution in [2.24, 2.45) is 0 Å². The maximum Gasteiger partial charge on any atom is 0.205 e. The Balaban J connectivity index is 3.30. The van der Waals surface area contributed by atoms with Crippen molar-refractivity contribution < 1.29 is 14.2 Å². The molecule has 0 aliphatic heterocycles. The molecule has 4 nitrogen and oxygen atoms in total. The first-order chi connectivity index (χ1) is 9.69. The molecule has 1 rings (SSSR count). The number of halogens is 1. The van der Waals surface area contributed by atoms with Gasteiger partial charge in [0.05, 0.1) is 24.8 Å². The number of nitrogens with one attached hydrogen (secondary N) is 1. The standard InChI is InChI=1S/C15H24ClNO3/c1-5-18-13-11(8-9-17-4)10-12(16)14(19-6-2)15(13)20-7-3/h10,17H,5-9H2,1-4H3. The number of benzene rings is 1. The lowest BCUT2D eigenvalue weighted by molar-refractivity contribution is 0.259. The molecule has 0 fully saturated rings. The summed E-state index contributed by atoms with van der Waals surface area (Å²) in [6.07, 6.45) is 0.817. The highest BCUT2D eigenvalue weighted by Crippen LogP contribution is 2.45. The summed E-state index contributed by atoms with van der Waals surface area (Å²) < 4.78 is 17.1. The zero-order valence-corrected chi connectivity index (χ0v) is 13.5. The average Bonchev–Trinajstić information content (AvgIpc) is 2.44. The molecule has 0 atom stereocenters. The molecular weight excluding hydrogens is 278 g/mol. The van der Waals surface area contributed by atoms with E-state index in [1.54, 1.807) is 0 Å². The van der Waals surface area contributed by atoms with Crippen LogP contribution in [0.3, 0.4) is 0 Å². The predicted octanol–water partition coefficient (Wildman–Crippen LogP) is 3.30. The molecule has 5 heteroatoms.